The van der Waals surface area contributed by atoms with Gasteiger partial charge in [0.1, 0.15) is 10.7 Å². The zero-order valence-electron chi connectivity index (χ0n) is 9.12. The molecule has 0 saturated carbocycles. The Kier molecular flexibility index (Phi) is 3.74. The molecule has 5 heteroatoms. The Morgan fingerprint density at radius 3 is 2.53 bits per heavy atom. The molecule has 1 rings (SSSR count). The van der Waals surface area contributed by atoms with Gasteiger partial charge in [-0.1, -0.05) is 32.4 Å². The van der Waals surface area contributed by atoms with E-state index in [0.717, 1.165) is 6.42 Å². The first kappa shape index (κ1) is 12.0. The summed E-state index contributed by atoms with van der Waals surface area (Å²) in [6, 6.07) is 0. The molecule has 0 unspecified atom stereocenters. The van der Waals surface area contributed by atoms with Crippen molar-refractivity contribution in [1.29, 1.82) is 0 Å². The molecule has 1 heterocycles. The van der Waals surface area contributed by atoms with E-state index in [2.05, 4.69) is 5.10 Å². The smallest absolute Gasteiger partial charge is 0.340 e. The van der Waals surface area contributed by atoms with Gasteiger partial charge < -0.3 is 5.11 Å². The minimum atomic E-state index is -1.01. The van der Waals surface area contributed by atoms with Crippen LogP contribution in [-0.4, -0.2) is 20.9 Å². The summed E-state index contributed by atoms with van der Waals surface area (Å²) in [5.74, 6) is -0.947. The Labute approximate surface area is 93.9 Å². The number of aryl methyl sites for hydroxylation is 1. The Morgan fingerprint density at radius 2 is 2.20 bits per heavy atom. The number of hydrogen-bond donors (Lipinski definition) is 1. The van der Waals surface area contributed by atoms with Crippen LogP contribution in [0.4, 0.5) is 0 Å². The number of aromatic nitrogens is 2. The number of hydrogen-bond acceptors (Lipinski definition) is 2. The summed E-state index contributed by atoms with van der Waals surface area (Å²) in [6.07, 6.45) is 0.873. The van der Waals surface area contributed by atoms with Crippen LogP contribution < -0.4 is 0 Å². The van der Waals surface area contributed by atoms with E-state index in [0.29, 0.717) is 12.2 Å². The normalized spacial score (nSPS) is 11.0. The third kappa shape index (κ3) is 2.31. The summed E-state index contributed by atoms with van der Waals surface area (Å²) >= 11 is 5.97. The second-order valence-corrected chi connectivity index (χ2v) is 4.09. The first-order valence-electron chi connectivity index (χ1n) is 4.98. The highest BCUT2D eigenvalue weighted by Crippen LogP contribution is 2.25. The molecule has 0 aromatic carbocycles. The predicted molar refractivity (Wildman–Crippen MR) is 58.6 cm³/mol. The number of aromatic carboxylic acids is 1. The quantitative estimate of drug-likeness (QED) is 0.865. The van der Waals surface area contributed by atoms with Crippen LogP contribution in [0.1, 0.15) is 49.2 Å². The van der Waals surface area contributed by atoms with E-state index in [9.17, 15) is 4.79 Å². The highest BCUT2D eigenvalue weighted by Gasteiger charge is 2.23. The van der Waals surface area contributed by atoms with Gasteiger partial charge in [0, 0.05) is 6.54 Å². The maximum Gasteiger partial charge on any atom is 0.340 e. The molecule has 1 aromatic rings. The van der Waals surface area contributed by atoms with Crippen molar-refractivity contribution in [2.45, 2.75) is 39.7 Å². The monoisotopic (exact) mass is 230 g/mol. The van der Waals surface area contributed by atoms with Crippen molar-refractivity contribution in [3.8, 4) is 0 Å². The molecule has 0 aliphatic carbocycles. The van der Waals surface area contributed by atoms with Crippen LogP contribution >= 0.6 is 11.6 Å². The molecule has 0 amide bonds. The van der Waals surface area contributed by atoms with E-state index in [1.807, 2.05) is 20.8 Å². The summed E-state index contributed by atoms with van der Waals surface area (Å²) in [4.78, 5) is 11.0. The molecule has 0 fully saturated rings. The fraction of sp³-hybridized carbons (Fsp3) is 0.600. The molecule has 0 radical (unpaired) electrons. The molecule has 15 heavy (non-hydrogen) atoms. The van der Waals surface area contributed by atoms with Crippen molar-refractivity contribution in [3.63, 3.8) is 0 Å². The van der Waals surface area contributed by atoms with Gasteiger partial charge in [-0.05, 0) is 12.3 Å². The number of nitrogens with zero attached hydrogens (tertiary/aromatic N) is 2. The van der Waals surface area contributed by atoms with Crippen LogP contribution in [0.5, 0.6) is 0 Å². The maximum atomic E-state index is 11.0. The third-order valence-electron chi connectivity index (χ3n) is 2.11. The Balaban J connectivity index is 3.26. The Bertz CT molecular complexity index is 372. The minimum absolute atomic E-state index is 0.0618. The lowest BCUT2D eigenvalue weighted by Crippen LogP contribution is -2.01. The van der Waals surface area contributed by atoms with E-state index in [1.54, 1.807) is 4.68 Å². The highest BCUT2D eigenvalue weighted by molar-refractivity contribution is 6.32. The van der Waals surface area contributed by atoms with Crippen LogP contribution in [0.15, 0.2) is 0 Å². The van der Waals surface area contributed by atoms with Gasteiger partial charge in [-0.3, -0.25) is 4.68 Å². The maximum absolute atomic E-state index is 11.0. The lowest BCUT2D eigenvalue weighted by molar-refractivity contribution is 0.0695. The molecule has 0 saturated heterocycles. The standard InChI is InChI=1S/C10H15ClN2O2/c1-4-5-13-9(11)7(10(14)15)8(12-13)6(2)3/h6H,4-5H2,1-3H3,(H,14,15). The lowest BCUT2D eigenvalue weighted by Gasteiger charge is -2.00. The zero-order valence-corrected chi connectivity index (χ0v) is 9.88. The first-order valence-corrected chi connectivity index (χ1v) is 5.36. The van der Waals surface area contributed by atoms with E-state index in [1.165, 1.54) is 0 Å². The summed E-state index contributed by atoms with van der Waals surface area (Å²) < 4.78 is 1.56. The van der Waals surface area contributed by atoms with E-state index in [4.69, 9.17) is 16.7 Å². The SMILES string of the molecule is CCCn1nc(C(C)C)c(C(=O)O)c1Cl. The van der Waals surface area contributed by atoms with Crippen molar-refractivity contribution in [3.05, 3.63) is 16.4 Å². The van der Waals surface area contributed by atoms with Crippen LogP contribution in [0.2, 0.25) is 5.15 Å². The minimum Gasteiger partial charge on any atom is -0.478 e. The van der Waals surface area contributed by atoms with Crippen LogP contribution in [0.3, 0.4) is 0 Å². The molecule has 1 aromatic heterocycles. The van der Waals surface area contributed by atoms with Gasteiger partial charge in [0.15, 0.2) is 0 Å². The number of carboxylic acids is 1. The van der Waals surface area contributed by atoms with Crippen molar-refractivity contribution in [2.75, 3.05) is 0 Å². The van der Waals surface area contributed by atoms with Gasteiger partial charge in [-0.15, -0.1) is 0 Å². The van der Waals surface area contributed by atoms with Gasteiger partial charge in [-0.25, -0.2) is 4.79 Å². The molecule has 4 nitrogen and oxygen atoms in total. The summed E-state index contributed by atoms with van der Waals surface area (Å²) in [7, 11) is 0. The lowest BCUT2D eigenvalue weighted by atomic mass is 10.1. The fourth-order valence-corrected chi connectivity index (χ4v) is 1.72. The summed E-state index contributed by atoms with van der Waals surface area (Å²) in [6.45, 7) is 6.45. The van der Waals surface area contributed by atoms with Crippen molar-refractivity contribution in [1.82, 2.24) is 9.78 Å². The fourth-order valence-electron chi connectivity index (χ4n) is 1.42. The van der Waals surface area contributed by atoms with Crippen LogP contribution in [0.25, 0.3) is 0 Å². The van der Waals surface area contributed by atoms with E-state index >= 15 is 0 Å². The van der Waals surface area contributed by atoms with E-state index < -0.39 is 5.97 Å². The second-order valence-electron chi connectivity index (χ2n) is 3.73. The van der Waals surface area contributed by atoms with Crippen molar-refractivity contribution < 1.29 is 9.90 Å². The molecule has 0 bridgehead atoms. The first-order chi connectivity index (χ1) is 6.99. The zero-order chi connectivity index (χ0) is 11.6. The number of carboxylic acid groups (broad SMARTS) is 1. The summed E-state index contributed by atoms with van der Waals surface area (Å²) in [5, 5.41) is 13.5. The van der Waals surface area contributed by atoms with Crippen LogP contribution in [0, 0.1) is 0 Å². The Hall–Kier alpha value is -1.03. The predicted octanol–water partition coefficient (Wildman–Crippen LogP) is 2.77. The molecule has 0 atom stereocenters. The molecule has 84 valence electrons. The number of halogens is 1. The van der Waals surface area contributed by atoms with Gasteiger partial charge in [0.2, 0.25) is 0 Å². The van der Waals surface area contributed by atoms with Gasteiger partial charge in [0.05, 0.1) is 5.69 Å². The third-order valence-corrected chi connectivity index (χ3v) is 2.50. The molecule has 0 aliphatic rings. The summed E-state index contributed by atoms with van der Waals surface area (Å²) in [5.41, 5.74) is 0.695. The van der Waals surface area contributed by atoms with Gasteiger partial charge >= 0.3 is 5.97 Å². The van der Waals surface area contributed by atoms with Gasteiger partial charge in [-0.2, -0.15) is 5.10 Å². The Morgan fingerprint density at radius 1 is 1.60 bits per heavy atom. The topological polar surface area (TPSA) is 55.1 Å². The number of rotatable bonds is 4. The van der Waals surface area contributed by atoms with Crippen molar-refractivity contribution >= 4 is 17.6 Å². The van der Waals surface area contributed by atoms with Crippen LogP contribution in [-0.2, 0) is 6.54 Å². The average molecular weight is 231 g/mol. The molecular formula is C10H15ClN2O2. The number of carbonyl (C=O) groups is 1. The van der Waals surface area contributed by atoms with E-state index in [-0.39, 0.29) is 16.6 Å². The largest absolute Gasteiger partial charge is 0.478 e. The highest BCUT2D eigenvalue weighted by atomic mass is 35.5. The molecule has 0 spiro atoms. The van der Waals surface area contributed by atoms with Gasteiger partial charge in [0.25, 0.3) is 0 Å². The second kappa shape index (κ2) is 4.66. The average Bonchev–Trinajstić information content (AvgIpc) is 2.44. The molecular weight excluding hydrogens is 216 g/mol. The molecule has 0 aliphatic heterocycles. The molecule has 1 N–H and O–H groups in total. The van der Waals surface area contributed by atoms with Crippen molar-refractivity contribution in [2.24, 2.45) is 0 Å².